The van der Waals surface area contributed by atoms with Gasteiger partial charge in [0.1, 0.15) is 25.4 Å². The molecule has 3 aromatic rings. The van der Waals surface area contributed by atoms with Crippen molar-refractivity contribution in [2.75, 3.05) is 33.8 Å². The van der Waals surface area contributed by atoms with Crippen LogP contribution in [-0.2, 0) is 6.84 Å². The second-order valence-electron chi connectivity index (χ2n) is 11.2. The summed E-state index contributed by atoms with van der Waals surface area (Å²) in [5.41, 5.74) is 2.76. The molecule has 0 bridgehead atoms. The van der Waals surface area contributed by atoms with Crippen LogP contribution in [0.2, 0.25) is 0 Å². The van der Waals surface area contributed by atoms with E-state index in [1.807, 2.05) is 0 Å². The van der Waals surface area contributed by atoms with Crippen molar-refractivity contribution < 1.29 is 19.2 Å². The highest BCUT2D eigenvalue weighted by molar-refractivity contribution is 14.1. The number of aliphatic hydroxyl groups is 1. The van der Waals surface area contributed by atoms with E-state index in [1.54, 1.807) is 12.2 Å². The van der Waals surface area contributed by atoms with Crippen LogP contribution in [0, 0.1) is 10.1 Å². The van der Waals surface area contributed by atoms with Gasteiger partial charge in [0.05, 0.1) is 32.3 Å². The van der Waals surface area contributed by atoms with E-state index in [2.05, 4.69) is 151 Å². The van der Waals surface area contributed by atoms with Gasteiger partial charge in [0.2, 0.25) is 0 Å². The molecular formula is C33H37I2N2O4+. The zero-order valence-corrected chi connectivity index (χ0v) is 28.0. The Labute approximate surface area is 270 Å². The van der Waals surface area contributed by atoms with E-state index in [-0.39, 0.29) is 13.3 Å². The van der Waals surface area contributed by atoms with E-state index in [0.717, 1.165) is 24.3 Å². The zero-order chi connectivity index (χ0) is 29.7. The van der Waals surface area contributed by atoms with Crippen molar-refractivity contribution in [3.63, 3.8) is 0 Å². The molecule has 0 aromatic heterocycles. The molecule has 0 aliphatic heterocycles. The fourth-order valence-corrected chi connectivity index (χ4v) is 7.71. The standard InChI is InChI=1S/C33H37I2N2O4/c1-4-32(34,27-11-7-5-8-12-27)33(35,28-13-9-6-10-14-28)29-15-17-30(18-16-29)41-24-23-37(2,3)25-26-19-21-31(38,22-20-26)36(39)40/h5-21,38H,4,22-25H2,1-3H3/q+1. The van der Waals surface area contributed by atoms with Gasteiger partial charge in [-0.3, -0.25) is 10.1 Å². The topological polar surface area (TPSA) is 72.6 Å². The molecule has 8 heteroatoms. The third-order valence-electron chi connectivity index (χ3n) is 7.81. The second kappa shape index (κ2) is 12.9. The number of rotatable bonds is 12. The van der Waals surface area contributed by atoms with Crippen LogP contribution in [0.4, 0.5) is 0 Å². The highest BCUT2D eigenvalue weighted by Gasteiger charge is 2.50. The summed E-state index contributed by atoms with van der Waals surface area (Å²) in [5, 5.41) is 21.1. The predicted molar refractivity (Wildman–Crippen MR) is 181 cm³/mol. The summed E-state index contributed by atoms with van der Waals surface area (Å²) in [4.78, 5) is 10.4. The Morgan fingerprint density at radius 1 is 0.951 bits per heavy atom. The molecule has 0 amide bonds. The Morgan fingerprint density at radius 2 is 1.51 bits per heavy atom. The molecule has 3 atom stereocenters. The molecule has 6 nitrogen and oxygen atoms in total. The molecule has 0 saturated carbocycles. The average Bonchev–Trinajstić information content (AvgIpc) is 2.98. The maximum atomic E-state index is 11.1. The zero-order valence-electron chi connectivity index (χ0n) is 23.7. The van der Waals surface area contributed by atoms with Crippen molar-refractivity contribution in [1.29, 1.82) is 0 Å². The molecule has 4 rings (SSSR count). The van der Waals surface area contributed by atoms with Gasteiger partial charge in [0.25, 0.3) is 0 Å². The van der Waals surface area contributed by atoms with Crippen LogP contribution in [0.25, 0.3) is 0 Å². The SMILES string of the molecule is CCC(I)(c1ccccc1)C(I)(c1ccccc1)c1ccc(OCC[N+](C)(C)CC2=CCC(O)([N+](=O)[O-])C=C2)cc1. The molecule has 1 N–H and O–H groups in total. The first kappa shape index (κ1) is 31.7. The van der Waals surface area contributed by atoms with Crippen LogP contribution in [0.1, 0.15) is 36.5 Å². The quantitative estimate of drug-likeness (QED) is 0.0520. The Balaban J connectivity index is 1.48. The van der Waals surface area contributed by atoms with Gasteiger partial charge in [-0.15, -0.1) is 0 Å². The number of hydrogen-bond acceptors (Lipinski definition) is 4. The lowest BCUT2D eigenvalue weighted by Crippen LogP contribution is -2.45. The summed E-state index contributed by atoms with van der Waals surface area (Å²) in [6, 6.07) is 30.0. The highest BCUT2D eigenvalue weighted by Crippen LogP contribution is 2.59. The largest absolute Gasteiger partial charge is 0.488 e. The number of quaternary nitrogens is 1. The second-order valence-corrected chi connectivity index (χ2v) is 14.6. The summed E-state index contributed by atoms with van der Waals surface area (Å²) >= 11 is 5.32. The van der Waals surface area contributed by atoms with Gasteiger partial charge in [-0.2, -0.15) is 0 Å². The van der Waals surface area contributed by atoms with Crippen LogP contribution < -0.4 is 4.74 Å². The number of nitro groups is 1. The lowest BCUT2D eigenvalue weighted by Gasteiger charge is -2.44. The first-order valence-electron chi connectivity index (χ1n) is 13.7. The Hall–Kier alpha value is -2.28. The van der Waals surface area contributed by atoms with Crippen molar-refractivity contribution in [3.8, 4) is 5.75 Å². The van der Waals surface area contributed by atoms with E-state index >= 15 is 0 Å². The first-order valence-corrected chi connectivity index (χ1v) is 15.9. The number of ether oxygens (including phenoxy) is 1. The van der Waals surface area contributed by atoms with Crippen LogP contribution >= 0.6 is 45.2 Å². The fourth-order valence-electron chi connectivity index (χ4n) is 5.32. The third-order valence-corrected chi connectivity index (χ3v) is 13.2. The molecule has 0 fully saturated rings. The van der Waals surface area contributed by atoms with E-state index in [9.17, 15) is 15.2 Å². The Morgan fingerprint density at radius 3 is 2.02 bits per heavy atom. The van der Waals surface area contributed by atoms with Crippen molar-refractivity contribution in [3.05, 3.63) is 136 Å². The molecule has 0 spiro atoms. The summed E-state index contributed by atoms with van der Waals surface area (Å²) in [7, 11) is 4.21. The van der Waals surface area contributed by atoms with Gasteiger partial charge in [-0.25, -0.2) is 0 Å². The lowest BCUT2D eigenvalue weighted by molar-refractivity contribution is -0.885. The van der Waals surface area contributed by atoms with E-state index in [0.29, 0.717) is 17.6 Å². The number of hydrogen-bond donors (Lipinski definition) is 1. The molecule has 3 unspecified atom stereocenters. The molecule has 0 radical (unpaired) electrons. The van der Waals surface area contributed by atoms with Gasteiger partial charge >= 0.3 is 5.72 Å². The molecular weight excluding hydrogens is 742 g/mol. The minimum atomic E-state index is -2.00. The monoisotopic (exact) mass is 779 g/mol. The Bertz CT molecular complexity index is 1400. The lowest BCUT2D eigenvalue weighted by atomic mass is 9.75. The number of halogens is 2. The summed E-state index contributed by atoms with van der Waals surface area (Å²) in [5.74, 6) is 0.823. The van der Waals surface area contributed by atoms with Crippen molar-refractivity contribution in [1.82, 2.24) is 0 Å². The fraction of sp³-hybridized carbons (Fsp3) is 0.333. The van der Waals surface area contributed by atoms with Crippen molar-refractivity contribution >= 4 is 45.2 Å². The molecule has 3 aromatic carbocycles. The molecule has 0 saturated heterocycles. The summed E-state index contributed by atoms with van der Waals surface area (Å²) in [6.07, 6.45) is 5.64. The van der Waals surface area contributed by atoms with Crippen LogP contribution in [0.5, 0.6) is 5.75 Å². The van der Waals surface area contributed by atoms with Crippen LogP contribution in [0.15, 0.2) is 109 Å². The smallest absolute Gasteiger partial charge is 0.345 e. The average molecular weight is 779 g/mol. The Kier molecular flexibility index (Phi) is 9.98. The normalized spacial score (nSPS) is 20.0. The van der Waals surface area contributed by atoms with E-state index in [1.165, 1.54) is 22.8 Å². The predicted octanol–water partition coefficient (Wildman–Crippen LogP) is 7.41. The van der Waals surface area contributed by atoms with Gasteiger partial charge < -0.3 is 14.3 Å². The van der Waals surface area contributed by atoms with E-state index in [4.69, 9.17) is 4.74 Å². The van der Waals surface area contributed by atoms with Gasteiger partial charge in [0.15, 0.2) is 0 Å². The number of benzene rings is 3. The van der Waals surface area contributed by atoms with Gasteiger partial charge in [-0.05, 0) is 41.3 Å². The third kappa shape index (κ3) is 6.87. The number of likely N-dealkylation sites (N-methyl/N-ethyl adjacent to an activating group) is 1. The molecule has 0 heterocycles. The summed E-state index contributed by atoms with van der Waals surface area (Å²) < 4.78 is 6.33. The van der Waals surface area contributed by atoms with Gasteiger partial charge in [0, 0.05) is 11.6 Å². The molecule has 216 valence electrons. The molecule has 41 heavy (non-hydrogen) atoms. The highest BCUT2D eigenvalue weighted by atomic mass is 127. The number of alkyl halides is 2. The van der Waals surface area contributed by atoms with Crippen molar-refractivity contribution in [2.45, 2.75) is 32.3 Å². The maximum absolute atomic E-state index is 11.1. The van der Waals surface area contributed by atoms with Crippen LogP contribution in [-0.4, -0.2) is 54.0 Å². The van der Waals surface area contributed by atoms with Crippen LogP contribution in [0.3, 0.4) is 0 Å². The minimum absolute atomic E-state index is 0.0171. The summed E-state index contributed by atoms with van der Waals surface area (Å²) in [6.45, 7) is 4.24. The van der Waals surface area contributed by atoms with E-state index < -0.39 is 10.6 Å². The first-order chi connectivity index (χ1) is 19.4. The number of nitrogens with zero attached hydrogens (tertiary/aromatic N) is 2. The maximum Gasteiger partial charge on any atom is 0.345 e. The molecule has 1 aliphatic rings. The minimum Gasteiger partial charge on any atom is -0.488 e. The molecule has 1 aliphatic carbocycles. The van der Waals surface area contributed by atoms with Crippen molar-refractivity contribution in [2.24, 2.45) is 0 Å². The van der Waals surface area contributed by atoms with Gasteiger partial charge in [-0.1, -0.05) is 131 Å².